The lowest BCUT2D eigenvalue weighted by Gasteiger charge is -2.37. The van der Waals surface area contributed by atoms with Crippen molar-refractivity contribution in [1.29, 1.82) is 0 Å². The van der Waals surface area contributed by atoms with Crippen molar-refractivity contribution in [3.63, 3.8) is 0 Å². The summed E-state index contributed by atoms with van der Waals surface area (Å²) >= 11 is 0. The van der Waals surface area contributed by atoms with Gasteiger partial charge in [-0.3, -0.25) is 24.0 Å². The lowest BCUT2D eigenvalue weighted by Crippen LogP contribution is -2.64. The highest BCUT2D eigenvalue weighted by molar-refractivity contribution is 7.89. The number of amides is 4. The molecule has 5 N–H and O–H groups in total. The molecular weight excluding hydrogens is 733 g/mol. The quantitative estimate of drug-likeness (QED) is 0.209. The fourth-order valence-corrected chi connectivity index (χ4v) is 9.91. The molecule has 0 unspecified atom stereocenters. The van der Waals surface area contributed by atoms with Crippen molar-refractivity contribution in [1.82, 2.24) is 34.8 Å². The predicted molar refractivity (Wildman–Crippen MR) is 196 cm³/mol. The molecule has 3 saturated heterocycles. The van der Waals surface area contributed by atoms with E-state index in [1.165, 1.54) is 44.3 Å². The molecule has 4 aliphatic rings. The number of nitrogens with two attached hydrogens (primary N) is 1. The van der Waals surface area contributed by atoms with Crippen LogP contribution in [-0.4, -0.2) is 118 Å². The molecule has 4 heterocycles. The van der Waals surface area contributed by atoms with E-state index in [9.17, 15) is 37.5 Å². The lowest BCUT2D eigenvalue weighted by atomic mass is 9.84. The standard InChI is InChI=1S/C37H52N8O9S/c1-36(2,51)30-22-39-42-45(30)26-21-29(34(49)41-37(31(46)32(38)47)14-18-54-19-15-37)44(23-26)35(50)28(20-24-8-4-3-5-9-24)40-33(48)25-10-12-27(13-11-25)55(52,53)43-16-6-7-17-43/h10-13,22,24,26,28-29,51H,3-9,14-21,23H2,1-2H3,(H2,38,47)(H,40,48)(H,41,49)/t26-,28+,29-/m0/s1. The zero-order valence-corrected chi connectivity index (χ0v) is 32.3. The molecule has 4 amide bonds. The van der Waals surface area contributed by atoms with Gasteiger partial charge < -0.3 is 31.1 Å². The monoisotopic (exact) mass is 784 g/mol. The summed E-state index contributed by atoms with van der Waals surface area (Å²) in [5.41, 5.74) is 2.96. The number of hydrogen-bond acceptors (Lipinski definition) is 11. The van der Waals surface area contributed by atoms with Crippen LogP contribution in [0.5, 0.6) is 0 Å². The van der Waals surface area contributed by atoms with E-state index in [1.54, 1.807) is 13.8 Å². The van der Waals surface area contributed by atoms with Crippen LogP contribution in [0, 0.1) is 5.92 Å². The molecule has 300 valence electrons. The highest BCUT2D eigenvalue weighted by atomic mass is 32.2. The Bertz CT molecular complexity index is 1860. The maximum Gasteiger partial charge on any atom is 0.287 e. The highest BCUT2D eigenvalue weighted by Gasteiger charge is 2.49. The van der Waals surface area contributed by atoms with Gasteiger partial charge >= 0.3 is 0 Å². The molecule has 0 radical (unpaired) electrons. The van der Waals surface area contributed by atoms with Crippen LogP contribution >= 0.6 is 0 Å². The van der Waals surface area contributed by atoms with Crippen LogP contribution in [0.25, 0.3) is 0 Å². The first-order valence-corrected chi connectivity index (χ1v) is 20.6. The van der Waals surface area contributed by atoms with Crippen molar-refractivity contribution in [2.75, 3.05) is 32.8 Å². The van der Waals surface area contributed by atoms with Crippen molar-refractivity contribution >= 4 is 39.4 Å². The van der Waals surface area contributed by atoms with Gasteiger partial charge in [-0.1, -0.05) is 37.3 Å². The van der Waals surface area contributed by atoms with E-state index in [0.29, 0.717) is 25.2 Å². The van der Waals surface area contributed by atoms with E-state index in [-0.39, 0.29) is 55.4 Å². The second-order valence-corrected chi connectivity index (χ2v) is 17.7. The Morgan fingerprint density at radius 2 is 1.67 bits per heavy atom. The number of primary amides is 1. The van der Waals surface area contributed by atoms with Gasteiger partial charge in [0.15, 0.2) is 0 Å². The number of Topliss-reactive ketones (excluding diaryl/α,β-unsaturated/α-hetero) is 1. The fraction of sp³-hybridized carbons (Fsp3) is 0.649. The number of likely N-dealkylation sites (tertiary alicyclic amines) is 1. The van der Waals surface area contributed by atoms with E-state index < -0.39 is 68.7 Å². The fourth-order valence-electron chi connectivity index (χ4n) is 8.39. The molecule has 6 rings (SSSR count). The molecule has 0 spiro atoms. The molecule has 4 fully saturated rings. The number of sulfonamides is 1. The smallest absolute Gasteiger partial charge is 0.287 e. The molecular formula is C37H52N8O9S. The average Bonchev–Trinajstić information content (AvgIpc) is 3.97. The van der Waals surface area contributed by atoms with E-state index in [4.69, 9.17) is 10.5 Å². The van der Waals surface area contributed by atoms with Gasteiger partial charge in [0, 0.05) is 57.7 Å². The molecule has 3 atom stereocenters. The number of aromatic nitrogens is 3. The Balaban J connectivity index is 1.30. The minimum absolute atomic E-state index is 0.00895. The molecule has 17 nitrogen and oxygen atoms in total. The first-order valence-electron chi connectivity index (χ1n) is 19.2. The number of nitrogens with zero attached hydrogens (tertiary/aromatic N) is 5. The number of ether oxygens (including phenoxy) is 1. The molecule has 1 saturated carbocycles. The van der Waals surface area contributed by atoms with Gasteiger partial charge in [0.2, 0.25) is 27.6 Å². The van der Waals surface area contributed by atoms with Gasteiger partial charge in [0.1, 0.15) is 23.2 Å². The molecule has 1 aromatic heterocycles. The molecule has 3 aliphatic heterocycles. The van der Waals surface area contributed by atoms with Crippen LogP contribution in [-0.2, 0) is 39.5 Å². The number of carbonyl (C=O) groups excluding carboxylic acids is 5. The van der Waals surface area contributed by atoms with Crippen LogP contribution in [0.15, 0.2) is 35.4 Å². The molecule has 1 aliphatic carbocycles. The maximum atomic E-state index is 14.8. The normalized spacial score (nSPS) is 22.9. The summed E-state index contributed by atoms with van der Waals surface area (Å²) in [6, 6.07) is 2.78. The van der Waals surface area contributed by atoms with Crippen molar-refractivity contribution in [3.8, 4) is 0 Å². The highest BCUT2D eigenvalue weighted by Crippen LogP contribution is 2.34. The molecule has 2 aromatic rings. The zero-order valence-electron chi connectivity index (χ0n) is 31.4. The summed E-state index contributed by atoms with van der Waals surface area (Å²) in [4.78, 5) is 69.8. The second-order valence-electron chi connectivity index (χ2n) is 15.8. The van der Waals surface area contributed by atoms with Crippen molar-refractivity contribution < 1.29 is 42.2 Å². The van der Waals surface area contributed by atoms with Gasteiger partial charge in [-0.15, -0.1) is 5.10 Å². The summed E-state index contributed by atoms with van der Waals surface area (Å²) in [5, 5.41) is 24.8. The Kier molecular flexibility index (Phi) is 12.1. The number of aliphatic hydroxyl groups is 1. The largest absolute Gasteiger partial charge is 0.384 e. The zero-order chi connectivity index (χ0) is 39.5. The van der Waals surface area contributed by atoms with Crippen LogP contribution in [0.1, 0.15) is 107 Å². The first kappa shape index (κ1) is 40.4. The van der Waals surface area contributed by atoms with Crippen molar-refractivity contribution in [2.24, 2.45) is 11.7 Å². The predicted octanol–water partition coefficient (Wildman–Crippen LogP) is 0.921. The lowest BCUT2D eigenvalue weighted by molar-refractivity contribution is -0.147. The third-order valence-corrected chi connectivity index (χ3v) is 13.4. The number of carbonyl (C=O) groups is 5. The van der Waals surface area contributed by atoms with Gasteiger partial charge in [0.05, 0.1) is 22.8 Å². The van der Waals surface area contributed by atoms with E-state index in [2.05, 4.69) is 20.9 Å². The molecule has 0 bridgehead atoms. The summed E-state index contributed by atoms with van der Waals surface area (Å²) in [7, 11) is -3.70. The number of ketones is 1. The van der Waals surface area contributed by atoms with Crippen LogP contribution in [0.2, 0.25) is 0 Å². The summed E-state index contributed by atoms with van der Waals surface area (Å²) in [5.74, 6) is -3.83. The van der Waals surface area contributed by atoms with Gasteiger partial charge in [0.25, 0.3) is 11.8 Å². The van der Waals surface area contributed by atoms with Gasteiger partial charge in [-0.25, -0.2) is 13.1 Å². The average molecular weight is 785 g/mol. The van der Waals surface area contributed by atoms with Crippen LogP contribution in [0.4, 0.5) is 0 Å². The van der Waals surface area contributed by atoms with E-state index in [1.807, 2.05) is 0 Å². The summed E-state index contributed by atoms with van der Waals surface area (Å²) in [6.07, 6.45) is 8.10. The Morgan fingerprint density at radius 3 is 2.29 bits per heavy atom. The minimum Gasteiger partial charge on any atom is -0.384 e. The molecule has 55 heavy (non-hydrogen) atoms. The maximum absolute atomic E-state index is 14.8. The Labute approximate surface area is 320 Å². The van der Waals surface area contributed by atoms with Crippen LogP contribution < -0.4 is 16.4 Å². The molecule has 18 heteroatoms. The second kappa shape index (κ2) is 16.5. The van der Waals surface area contributed by atoms with E-state index in [0.717, 1.165) is 44.9 Å². The van der Waals surface area contributed by atoms with Gasteiger partial charge in [-0.05, 0) is 63.3 Å². The Morgan fingerprint density at radius 1 is 1.02 bits per heavy atom. The third kappa shape index (κ3) is 8.76. The SMILES string of the molecule is CC(C)(O)c1cnnn1[C@H]1C[C@@H](C(=O)NC2(C(=O)C(N)=O)CCOCC2)N(C(=O)[C@@H](CC2CCCCC2)NC(=O)c2ccc(S(=O)(=O)N3CCCC3)cc2)C1. The number of nitrogens with one attached hydrogen (secondary N) is 2. The Hall–Kier alpha value is -4.26. The van der Waals surface area contributed by atoms with Crippen LogP contribution in [0.3, 0.4) is 0 Å². The number of benzene rings is 1. The third-order valence-electron chi connectivity index (χ3n) is 11.5. The number of hydrogen-bond donors (Lipinski definition) is 4. The summed E-state index contributed by atoms with van der Waals surface area (Å²) in [6.45, 7) is 4.19. The summed E-state index contributed by atoms with van der Waals surface area (Å²) < 4.78 is 34.6. The van der Waals surface area contributed by atoms with Gasteiger partial charge in [-0.2, -0.15) is 4.31 Å². The number of rotatable bonds is 13. The minimum atomic E-state index is -3.70. The van der Waals surface area contributed by atoms with E-state index >= 15 is 0 Å². The van der Waals surface area contributed by atoms with Crippen molar-refractivity contribution in [3.05, 3.63) is 41.7 Å². The topological polar surface area (TPSA) is 236 Å². The first-order chi connectivity index (χ1) is 26.1. The molecule has 1 aromatic carbocycles. The van der Waals surface area contributed by atoms with Crippen molar-refractivity contribution in [2.45, 2.75) is 119 Å².